The monoisotopic (exact) mass is 972 g/mol. The molecule has 16 aromatic rings. The zero-order valence-corrected chi connectivity index (χ0v) is 40.6. The van der Waals surface area contributed by atoms with Gasteiger partial charge in [0.15, 0.2) is 11.2 Å². The summed E-state index contributed by atoms with van der Waals surface area (Å²) in [6.07, 6.45) is 0. The van der Waals surface area contributed by atoms with Gasteiger partial charge in [0.05, 0.1) is 50.3 Å². The van der Waals surface area contributed by atoms with Crippen molar-refractivity contribution in [1.82, 2.24) is 9.13 Å². The highest BCUT2D eigenvalue weighted by atomic mass is 32.1. The lowest BCUT2D eigenvalue weighted by Crippen LogP contribution is -2.09. The summed E-state index contributed by atoms with van der Waals surface area (Å²) in [7, 11) is 0. The van der Waals surface area contributed by atoms with Crippen molar-refractivity contribution in [2.24, 2.45) is 0 Å². The fraction of sp³-hybridized carbons (Fsp3) is 0. The van der Waals surface area contributed by atoms with E-state index in [0.29, 0.717) is 39.4 Å². The third-order valence-electron chi connectivity index (χ3n) is 15.4. The Balaban J connectivity index is 1.19. The van der Waals surface area contributed by atoms with Crippen molar-refractivity contribution in [2.75, 3.05) is 0 Å². The quantitative estimate of drug-likeness (QED) is 0.161. The van der Waals surface area contributed by atoms with E-state index in [-0.39, 0.29) is 0 Å². The molecular formula is C68H36N4O2S. The van der Waals surface area contributed by atoms with Gasteiger partial charge in [-0.25, -0.2) is 4.85 Å². The predicted molar refractivity (Wildman–Crippen MR) is 310 cm³/mol. The Morgan fingerprint density at radius 3 is 1.53 bits per heavy atom. The smallest absolute Gasteiger partial charge is 0.220 e. The van der Waals surface area contributed by atoms with Gasteiger partial charge in [-0.3, -0.25) is 0 Å². The lowest BCUT2D eigenvalue weighted by Gasteiger charge is -2.25. The minimum atomic E-state index is 0.334. The number of hydrogen-bond acceptors (Lipinski definition) is 4. The minimum absolute atomic E-state index is 0.334. The second-order valence-electron chi connectivity index (χ2n) is 19.2. The average Bonchev–Trinajstić information content (AvgIpc) is 4.46. The van der Waals surface area contributed by atoms with Crippen molar-refractivity contribution in [3.05, 3.63) is 235 Å². The molecule has 5 heterocycles. The number of para-hydroxylation sites is 3. The molecule has 16 rings (SSSR count). The number of nitrogens with zero attached hydrogens (tertiary/aromatic N) is 4. The van der Waals surface area contributed by atoms with Gasteiger partial charge in [-0.1, -0.05) is 182 Å². The van der Waals surface area contributed by atoms with Gasteiger partial charge in [-0.05, 0) is 58.7 Å². The van der Waals surface area contributed by atoms with Crippen LogP contribution in [0.2, 0.25) is 0 Å². The van der Waals surface area contributed by atoms with Gasteiger partial charge in [-0.2, -0.15) is 5.26 Å². The molecule has 0 spiro atoms. The molecule has 0 aliphatic carbocycles. The molecule has 0 radical (unpaired) electrons. The Kier molecular flexibility index (Phi) is 8.65. The third kappa shape index (κ3) is 5.65. The third-order valence-corrected chi connectivity index (χ3v) is 16.6. The number of nitriles is 1. The highest BCUT2D eigenvalue weighted by Gasteiger charge is 2.34. The Bertz CT molecular complexity index is 5070. The average molecular weight is 973 g/mol. The van der Waals surface area contributed by atoms with Crippen LogP contribution in [-0.4, -0.2) is 9.13 Å². The fourth-order valence-corrected chi connectivity index (χ4v) is 13.6. The zero-order chi connectivity index (χ0) is 49.5. The van der Waals surface area contributed by atoms with Crippen molar-refractivity contribution in [1.29, 1.82) is 5.26 Å². The molecule has 346 valence electrons. The molecule has 0 atom stereocenters. The summed E-state index contributed by atoms with van der Waals surface area (Å²) in [6, 6.07) is 78.3. The largest absolute Gasteiger partial charge is 0.454 e. The summed E-state index contributed by atoms with van der Waals surface area (Å²) in [5.74, 6) is 0. The highest BCUT2D eigenvalue weighted by molar-refractivity contribution is 7.26. The van der Waals surface area contributed by atoms with Gasteiger partial charge in [0, 0.05) is 69.7 Å². The van der Waals surface area contributed by atoms with Crippen LogP contribution in [-0.2, 0) is 0 Å². The van der Waals surface area contributed by atoms with Gasteiger partial charge >= 0.3 is 0 Å². The Hall–Kier alpha value is -10.2. The van der Waals surface area contributed by atoms with Crippen LogP contribution in [0.3, 0.4) is 0 Å². The Morgan fingerprint density at radius 2 is 0.933 bits per heavy atom. The lowest BCUT2D eigenvalue weighted by atomic mass is 9.88. The standard InChI is InChI=1S/C68H36N4O2S/c1-70-60-57(40-20-7-3-8-21-40)52(38-69)61(71-53-28-14-11-24-43(53)46-34-37-51-59-42(39-18-5-2-6-19-39)27-17-31-56(59)75-68(51)64(46)71)58(41-22-9-4-10-23-41)65(60)72-62-47(32-35-49-44-25-12-15-29-54(44)73-66(49)62)48-33-36-50-45-26-13-16-30-55(45)74-67(50)63(48)72/h2-37H. The summed E-state index contributed by atoms with van der Waals surface area (Å²) in [4.78, 5) is 4.63. The van der Waals surface area contributed by atoms with Gasteiger partial charge in [0.25, 0.3) is 0 Å². The first-order chi connectivity index (χ1) is 37.2. The van der Waals surface area contributed by atoms with Crippen LogP contribution >= 0.6 is 11.3 Å². The number of aromatic nitrogens is 2. The number of benzene rings is 11. The number of furan rings is 2. The maximum atomic E-state index is 12.2. The molecule has 7 heteroatoms. The highest BCUT2D eigenvalue weighted by Crippen LogP contribution is 2.55. The number of hydrogen-bond donors (Lipinski definition) is 0. The van der Waals surface area contributed by atoms with Crippen LogP contribution in [0, 0.1) is 17.9 Å². The molecule has 0 amide bonds. The summed E-state index contributed by atoms with van der Waals surface area (Å²) in [5.41, 5.74) is 13.6. The van der Waals surface area contributed by atoms with E-state index >= 15 is 0 Å². The molecule has 0 unspecified atom stereocenters. The molecule has 0 saturated carbocycles. The number of fused-ring (bicyclic) bond motifs is 18. The van der Waals surface area contributed by atoms with Crippen molar-refractivity contribution >= 4 is 125 Å². The maximum absolute atomic E-state index is 12.2. The van der Waals surface area contributed by atoms with Crippen molar-refractivity contribution in [3.63, 3.8) is 0 Å². The predicted octanol–water partition coefficient (Wildman–Crippen LogP) is 19.5. The normalized spacial score (nSPS) is 12.0. The van der Waals surface area contributed by atoms with E-state index in [1.807, 2.05) is 84.9 Å². The molecule has 0 saturated heterocycles. The van der Waals surface area contributed by atoms with E-state index in [1.54, 1.807) is 11.3 Å². The second kappa shape index (κ2) is 15.7. The van der Waals surface area contributed by atoms with Crippen LogP contribution in [0.15, 0.2) is 227 Å². The molecule has 0 aliphatic rings. The van der Waals surface area contributed by atoms with E-state index in [2.05, 4.69) is 154 Å². The van der Waals surface area contributed by atoms with Gasteiger partial charge < -0.3 is 18.0 Å². The van der Waals surface area contributed by atoms with Gasteiger partial charge in [0.2, 0.25) is 5.69 Å². The van der Waals surface area contributed by atoms with E-state index in [4.69, 9.17) is 8.83 Å². The fourth-order valence-electron chi connectivity index (χ4n) is 12.3. The zero-order valence-electron chi connectivity index (χ0n) is 39.8. The van der Waals surface area contributed by atoms with Crippen molar-refractivity contribution < 1.29 is 8.83 Å². The molecule has 0 N–H and O–H groups in total. The Labute approximate surface area is 431 Å². The van der Waals surface area contributed by atoms with Gasteiger partial charge in [-0.15, -0.1) is 11.3 Å². The van der Waals surface area contributed by atoms with Crippen LogP contribution in [0.1, 0.15) is 5.56 Å². The van der Waals surface area contributed by atoms with E-state index in [0.717, 1.165) is 109 Å². The molecule has 0 aliphatic heterocycles. The van der Waals surface area contributed by atoms with Crippen LogP contribution in [0.5, 0.6) is 0 Å². The van der Waals surface area contributed by atoms with Crippen molar-refractivity contribution in [3.8, 4) is 50.8 Å². The molecule has 5 aromatic heterocycles. The van der Waals surface area contributed by atoms with Crippen LogP contribution in [0.4, 0.5) is 5.69 Å². The first-order valence-electron chi connectivity index (χ1n) is 24.9. The summed E-state index contributed by atoms with van der Waals surface area (Å²) >= 11 is 1.78. The van der Waals surface area contributed by atoms with Gasteiger partial charge in [0.1, 0.15) is 17.2 Å². The molecule has 0 fully saturated rings. The summed E-state index contributed by atoms with van der Waals surface area (Å²) in [5, 5.41) is 22.4. The summed E-state index contributed by atoms with van der Waals surface area (Å²) < 4.78 is 21.0. The SMILES string of the molecule is [C-]#[N+]c1c(-c2ccccc2)c(C#N)c(-n2c3ccccc3c3ccc4c(sc5cccc(-c6ccccc6)c54)c32)c(-c2ccccc2)c1-n1c2c(ccc3c4ccccc4oc32)c2ccc3c4ccccc4oc3c21. The topological polar surface area (TPSA) is 64.3 Å². The van der Waals surface area contributed by atoms with E-state index < -0.39 is 0 Å². The first-order valence-corrected chi connectivity index (χ1v) is 25.7. The molecule has 0 bridgehead atoms. The Morgan fingerprint density at radius 1 is 0.427 bits per heavy atom. The van der Waals surface area contributed by atoms with E-state index in [1.165, 1.54) is 15.6 Å². The summed E-state index contributed by atoms with van der Waals surface area (Å²) in [6.45, 7) is 9.54. The van der Waals surface area contributed by atoms with Crippen molar-refractivity contribution in [2.45, 2.75) is 0 Å². The number of thiophene rings is 1. The lowest BCUT2D eigenvalue weighted by molar-refractivity contribution is 0.669. The molecule has 11 aromatic carbocycles. The minimum Gasteiger partial charge on any atom is -0.454 e. The number of rotatable bonds is 5. The molecular weight excluding hydrogens is 937 g/mol. The molecule has 6 nitrogen and oxygen atoms in total. The van der Waals surface area contributed by atoms with Crippen LogP contribution in [0.25, 0.3) is 157 Å². The second-order valence-corrected chi connectivity index (χ2v) is 20.2. The van der Waals surface area contributed by atoms with Crippen LogP contribution < -0.4 is 0 Å². The first kappa shape index (κ1) is 41.4. The maximum Gasteiger partial charge on any atom is 0.220 e. The molecule has 75 heavy (non-hydrogen) atoms. The van der Waals surface area contributed by atoms with E-state index in [9.17, 15) is 11.8 Å².